The monoisotopic (exact) mass is 486 g/mol. The van der Waals surface area contributed by atoms with Crippen molar-refractivity contribution in [3.63, 3.8) is 0 Å². The second-order valence-electron chi connectivity index (χ2n) is 6.64. The molecular formula is C23H20BrClN2O3. The Bertz CT molecular complexity index is 1040. The van der Waals surface area contributed by atoms with Crippen LogP contribution in [-0.4, -0.2) is 30.4 Å². The molecule has 0 aliphatic rings. The van der Waals surface area contributed by atoms with Crippen molar-refractivity contribution >= 4 is 45.0 Å². The molecule has 3 aromatic carbocycles. The smallest absolute Gasteiger partial charge is 0.262 e. The fraction of sp³-hybridized carbons (Fsp3) is 0.130. The third kappa shape index (κ3) is 6.08. The second kappa shape index (κ2) is 10.3. The summed E-state index contributed by atoms with van der Waals surface area (Å²) in [6.45, 7) is 0.297. The molecule has 0 heterocycles. The molecule has 0 aromatic heterocycles. The van der Waals surface area contributed by atoms with Gasteiger partial charge in [-0.1, -0.05) is 63.9 Å². The summed E-state index contributed by atoms with van der Waals surface area (Å²) in [7, 11) is 1.75. The molecule has 3 rings (SSSR count). The highest BCUT2D eigenvalue weighted by atomic mass is 79.9. The van der Waals surface area contributed by atoms with Gasteiger partial charge in [-0.3, -0.25) is 9.59 Å². The normalized spacial score (nSPS) is 10.4. The number of nitrogens with one attached hydrogen (secondary N) is 1. The van der Waals surface area contributed by atoms with Crippen molar-refractivity contribution in [1.29, 1.82) is 0 Å². The van der Waals surface area contributed by atoms with Gasteiger partial charge in [0, 0.05) is 29.3 Å². The van der Waals surface area contributed by atoms with Gasteiger partial charge in [0.1, 0.15) is 5.75 Å². The maximum absolute atomic E-state index is 12.7. The zero-order valence-electron chi connectivity index (χ0n) is 16.3. The molecule has 0 aliphatic heterocycles. The Morgan fingerprint density at radius 1 is 1.03 bits per heavy atom. The van der Waals surface area contributed by atoms with Gasteiger partial charge in [0.05, 0.1) is 5.02 Å². The van der Waals surface area contributed by atoms with Crippen LogP contribution >= 0.6 is 27.5 Å². The first kappa shape index (κ1) is 21.9. The number of amides is 2. The van der Waals surface area contributed by atoms with Gasteiger partial charge in [0.2, 0.25) is 0 Å². The van der Waals surface area contributed by atoms with Crippen molar-refractivity contribution in [2.45, 2.75) is 6.54 Å². The summed E-state index contributed by atoms with van der Waals surface area (Å²) in [4.78, 5) is 26.6. The van der Waals surface area contributed by atoms with Crippen LogP contribution in [-0.2, 0) is 11.3 Å². The minimum absolute atomic E-state index is 0.132. The van der Waals surface area contributed by atoms with Crippen molar-refractivity contribution in [3.05, 3.63) is 93.4 Å². The largest absolute Gasteiger partial charge is 0.482 e. The number of anilines is 1. The molecule has 0 bridgehead atoms. The predicted molar refractivity (Wildman–Crippen MR) is 122 cm³/mol. The number of carbonyl (C=O) groups excluding carboxylic acids is 2. The van der Waals surface area contributed by atoms with E-state index in [0.29, 0.717) is 28.6 Å². The summed E-state index contributed by atoms with van der Waals surface area (Å²) in [5.74, 6) is -0.0643. The van der Waals surface area contributed by atoms with E-state index in [1.807, 2.05) is 30.3 Å². The molecule has 0 atom stereocenters. The van der Waals surface area contributed by atoms with Gasteiger partial charge in [-0.05, 0) is 42.0 Å². The van der Waals surface area contributed by atoms with Crippen LogP contribution in [0.4, 0.5) is 5.69 Å². The number of benzene rings is 3. The number of ether oxygens (including phenoxy) is 1. The van der Waals surface area contributed by atoms with E-state index in [-0.39, 0.29) is 18.4 Å². The minimum atomic E-state index is -0.351. The Hall–Kier alpha value is -2.83. The van der Waals surface area contributed by atoms with Crippen molar-refractivity contribution in [3.8, 4) is 5.75 Å². The Morgan fingerprint density at radius 2 is 1.80 bits per heavy atom. The summed E-state index contributed by atoms with van der Waals surface area (Å²) >= 11 is 9.40. The number of halogens is 2. The highest BCUT2D eigenvalue weighted by molar-refractivity contribution is 9.10. The molecular weight excluding hydrogens is 468 g/mol. The third-order valence-electron chi connectivity index (χ3n) is 4.26. The fourth-order valence-corrected chi connectivity index (χ4v) is 3.54. The lowest BCUT2D eigenvalue weighted by atomic mass is 10.1. The fourth-order valence-electron chi connectivity index (χ4n) is 2.81. The highest BCUT2D eigenvalue weighted by Crippen LogP contribution is 2.27. The predicted octanol–water partition coefficient (Wildman–Crippen LogP) is 5.39. The van der Waals surface area contributed by atoms with Gasteiger partial charge in [-0.2, -0.15) is 0 Å². The zero-order chi connectivity index (χ0) is 21.5. The standard InChI is InChI=1S/C23H20BrClN2O3/c1-27(14-16-6-3-2-4-7-16)23(29)17-8-5-9-19(12-17)26-22(28)15-30-21-11-10-18(24)13-20(21)25/h2-13H,14-15H2,1H3,(H,26,28). The quantitative estimate of drug-likeness (QED) is 0.486. The molecule has 7 heteroatoms. The van der Waals surface area contributed by atoms with Gasteiger partial charge in [-0.25, -0.2) is 0 Å². The van der Waals surface area contributed by atoms with E-state index in [1.165, 1.54) is 0 Å². The van der Waals surface area contributed by atoms with E-state index < -0.39 is 0 Å². The Balaban J connectivity index is 1.59. The summed E-state index contributed by atoms with van der Waals surface area (Å²) in [6.07, 6.45) is 0. The lowest BCUT2D eigenvalue weighted by Crippen LogP contribution is -2.26. The molecule has 5 nitrogen and oxygen atoms in total. The van der Waals surface area contributed by atoms with Crippen molar-refractivity contribution < 1.29 is 14.3 Å². The van der Waals surface area contributed by atoms with Gasteiger partial charge in [0.25, 0.3) is 11.8 Å². The number of carbonyl (C=O) groups is 2. The van der Waals surface area contributed by atoms with Crippen LogP contribution in [0.3, 0.4) is 0 Å². The molecule has 0 aliphatic carbocycles. The van der Waals surface area contributed by atoms with Crippen LogP contribution in [0.1, 0.15) is 15.9 Å². The molecule has 154 valence electrons. The van der Waals surface area contributed by atoms with E-state index in [1.54, 1.807) is 54.4 Å². The van der Waals surface area contributed by atoms with Crippen LogP contribution in [0.25, 0.3) is 0 Å². The van der Waals surface area contributed by atoms with Crippen LogP contribution in [0, 0.1) is 0 Å². The van der Waals surface area contributed by atoms with Crippen LogP contribution in [0.5, 0.6) is 5.75 Å². The number of nitrogens with zero attached hydrogens (tertiary/aromatic N) is 1. The van der Waals surface area contributed by atoms with E-state index >= 15 is 0 Å². The highest BCUT2D eigenvalue weighted by Gasteiger charge is 2.13. The number of rotatable bonds is 7. The molecule has 0 spiro atoms. The van der Waals surface area contributed by atoms with Crippen LogP contribution in [0.15, 0.2) is 77.3 Å². The van der Waals surface area contributed by atoms with Crippen molar-refractivity contribution in [2.75, 3.05) is 19.0 Å². The summed E-state index contributed by atoms with van der Waals surface area (Å²) < 4.78 is 6.29. The average Bonchev–Trinajstić information content (AvgIpc) is 2.73. The maximum atomic E-state index is 12.7. The van der Waals surface area contributed by atoms with Gasteiger partial charge in [0.15, 0.2) is 6.61 Å². The topological polar surface area (TPSA) is 58.6 Å². The maximum Gasteiger partial charge on any atom is 0.262 e. The lowest BCUT2D eigenvalue weighted by molar-refractivity contribution is -0.118. The summed E-state index contributed by atoms with van der Waals surface area (Å²) in [5.41, 5.74) is 2.05. The van der Waals surface area contributed by atoms with Gasteiger partial charge >= 0.3 is 0 Å². The first-order chi connectivity index (χ1) is 14.4. The van der Waals surface area contributed by atoms with Crippen LogP contribution in [0.2, 0.25) is 5.02 Å². The van der Waals surface area contributed by atoms with E-state index in [2.05, 4.69) is 21.2 Å². The lowest BCUT2D eigenvalue weighted by Gasteiger charge is -2.18. The Kier molecular flexibility index (Phi) is 7.49. The molecule has 3 aromatic rings. The molecule has 0 saturated heterocycles. The summed E-state index contributed by atoms with van der Waals surface area (Å²) in [6, 6.07) is 21.7. The van der Waals surface area contributed by atoms with E-state index in [0.717, 1.165) is 10.0 Å². The average molecular weight is 488 g/mol. The van der Waals surface area contributed by atoms with E-state index in [9.17, 15) is 9.59 Å². The minimum Gasteiger partial charge on any atom is -0.482 e. The van der Waals surface area contributed by atoms with Crippen molar-refractivity contribution in [2.24, 2.45) is 0 Å². The Morgan fingerprint density at radius 3 is 2.53 bits per heavy atom. The molecule has 1 N–H and O–H groups in total. The third-order valence-corrected chi connectivity index (χ3v) is 5.04. The van der Waals surface area contributed by atoms with Gasteiger partial charge < -0.3 is 15.0 Å². The molecule has 0 fully saturated rings. The summed E-state index contributed by atoms with van der Waals surface area (Å²) in [5, 5.41) is 3.15. The van der Waals surface area contributed by atoms with Crippen molar-refractivity contribution in [1.82, 2.24) is 4.90 Å². The molecule has 0 radical (unpaired) electrons. The number of hydrogen-bond acceptors (Lipinski definition) is 3. The number of hydrogen-bond donors (Lipinski definition) is 1. The molecule has 30 heavy (non-hydrogen) atoms. The molecule has 2 amide bonds. The second-order valence-corrected chi connectivity index (χ2v) is 7.96. The zero-order valence-corrected chi connectivity index (χ0v) is 18.6. The van der Waals surface area contributed by atoms with Gasteiger partial charge in [-0.15, -0.1) is 0 Å². The SMILES string of the molecule is CN(Cc1ccccc1)C(=O)c1cccc(NC(=O)COc2ccc(Br)cc2Cl)c1. The van der Waals surface area contributed by atoms with Crippen LogP contribution < -0.4 is 10.1 Å². The molecule has 0 unspecified atom stereocenters. The first-order valence-corrected chi connectivity index (χ1v) is 10.4. The first-order valence-electron chi connectivity index (χ1n) is 9.19. The Labute approximate surface area is 188 Å². The van der Waals surface area contributed by atoms with E-state index in [4.69, 9.17) is 16.3 Å². The molecule has 0 saturated carbocycles.